The summed E-state index contributed by atoms with van der Waals surface area (Å²) >= 11 is 5.96. The van der Waals surface area contributed by atoms with Crippen LogP contribution < -0.4 is 5.32 Å². The van der Waals surface area contributed by atoms with Crippen LogP contribution >= 0.6 is 11.6 Å². The van der Waals surface area contributed by atoms with Crippen LogP contribution in [0.5, 0.6) is 0 Å². The SMILES string of the molecule is Cn1ccnc1[C@@H](O)C1CCN(C(=O)Nc2cccnc2Cl)CC1. The minimum atomic E-state index is -0.608. The largest absolute Gasteiger partial charge is 0.385 e. The van der Waals surface area contributed by atoms with E-state index in [2.05, 4.69) is 15.3 Å². The van der Waals surface area contributed by atoms with Gasteiger partial charge in [-0.15, -0.1) is 0 Å². The molecule has 1 aliphatic rings. The molecule has 1 atom stereocenters. The van der Waals surface area contributed by atoms with Crippen molar-refractivity contribution in [3.05, 3.63) is 41.7 Å². The summed E-state index contributed by atoms with van der Waals surface area (Å²) in [4.78, 5) is 22.2. The number of pyridine rings is 1. The maximum atomic E-state index is 12.3. The van der Waals surface area contributed by atoms with Crippen molar-refractivity contribution >= 4 is 23.3 Å². The number of nitrogens with zero attached hydrogens (tertiary/aromatic N) is 4. The summed E-state index contributed by atoms with van der Waals surface area (Å²) in [6.07, 6.45) is 5.91. The summed E-state index contributed by atoms with van der Waals surface area (Å²) < 4.78 is 1.83. The smallest absolute Gasteiger partial charge is 0.321 e. The Kier molecular flexibility index (Phi) is 5.01. The lowest BCUT2D eigenvalue weighted by molar-refractivity contribution is 0.0600. The molecule has 1 saturated heterocycles. The number of aliphatic hydroxyl groups is 1. The van der Waals surface area contributed by atoms with Crippen LogP contribution in [-0.2, 0) is 7.05 Å². The number of imidazole rings is 1. The Balaban J connectivity index is 1.56. The maximum Gasteiger partial charge on any atom is 0.321 e. The molecule has 3 heterocycles. The first kappa shape index (κ1) is 16.7. The van der Waals surface area contributed by atoms with E-state index < -0.39 is 6.10 Å². The second-order valence-electron chi connectivity index (χ2n) is 5.94. The van der Waals surface area contributed by atoms with Gasteiger partial charge in [0.05, 0.1) is 5.69 Å². The van der Waals surface area contributed by atoms with E-state index in [1.165, 1.54) is 0 Å². The number of aliphatic hydroxyl groups excluding tert-OH is 1. The number of aryl methyl sites for hydroxylation is 1. The second-order valence-corrected chi connectivity index (χ2v) is 6.30. The van der Waals surface area contributed by atoms with Crippen LogP contribution in [0.3, 0.4) is 0 Å². The molecule has 2 aromatic heterocycles. The van der Waals surface area contributed by atoms with Gasteiger partial charge in [0.15, 0.2) is 5.15 Å². The van der Waals surface area contributed by atoms with Gasteiger partial charge >= 0.3 is 6.03 Å². The lowest BCUT2D eigenvalue weighted by atomic mass is 9.91. The average Bonchev–Trinajstić information content (AvgIpc) is 3.02. The zero-order valence-corrected chi connectivity index (χ0v) is 14.1. The van der Waals surface area contributed by atoms with Crippen molar-refractivity contribution < 1.29 is 9.90 Å². The summed E-state index contributed by atoms with van der Waals surface area (Å²) in [5.74, 6) is 0.761. The molecule has 0 saturated carbocycles. The number of urea groups is 1. The molecule has 2 N–H and O–H groups in total. The van der Waals surface area contributed by atoms with Gasteiger partial charge in [0.25, 0.3) is 0 Å². The van der Waals surface area contributed by atoms with Crippen LogP contribution in [0.1, 0.15) is 24.8 Å². The molecule has 0 spiro atoms. The van der Waals surface area contributed by atoms with Gasteiger partial charge in [-0.3, -0.25) is 0 Å². The number of nitrogens with one attached hydrogen (secondary N) is 1. The molecular formula is C16H20ClN5O2. The summed E-state index contributed by atoms with van der Waals surface area (Å²) in [6, 6.07) is 3.23. The summed E-state index contributed by atoms with van der Waals surface area (Å²) in [7, 11) is 1.87. The molecule has 7 nitrogen and oxygen atoms in total. The van der Waals surface area contributed by atoms with E-state index in [-0.39, 0.29) is 17.1 Å². The van der Waals surface area contributed by atoms with Gasteiger partial charge in [-0.1, -0.05) is 11.6 Å². The maximum absolute atomic E-state index is 12.3. The molecule has 24 heavy (non-hydrogen) atoms. The number of anilines is 1. The topological polar surface area (TPSA) is 83.3 Å². The van der Waals surface area contributed by atoms with E-state index in [0.29, 0.717) is 24.6 Å². The number of amides is 2. The molecule has 2 aromatic rings. The molecule has 0 unspecified atom stereocenters. The van der Waals surface area contributed by atoms with E-state index in [1.54, 1.807) is 29.4 Å². The van der Waals surface area contributed by atoms with Crippen molar-refractivity contribution in [2.75, 3.05) is 18.4 Å². The highest BCUT2D eigenvalue weighted by Crippen LogP contribution is 2.30. The molecule has 128 valence electrons. The molecule has 0 aromatic carbocycles. The standard InChI is InChI=1S/C16H20ClN5O2/c1-21-10-7-19-15(21)13(23)11-4-8-22(9-5-11)16(24)20-12-3-2-6-18-14(12)17/h2-3,6-7,10-11,13,23H,4-5,8-9H2,1H3,(H,20,24)/t13-/m0/s1. The first-order valence-corrected chi connectivity index (χ1v) is 8.26. The van der Waals surface area contributed by atoms with Crippen molar-refractivity contribution in [1.82, 2.24) is 19.4 Å². The average molecular weight is 350 g/mol. The van der Waals surface area contributed by atoms with Gasteiger partial charge in [-0.05, 0) is 30.9 Å². The van der Waals surface area contributed by atoms with Crippen LogP contribution in [0.25, 0.3) is 0 Å². The Morgan fingerprint density at radius 1 is 1.38 bits per heavy atom. The van der Waals surface area contributed by atoms with Crippen molar-refractivity contribution in [3.63, 3.8) is 0 Å². The molecular weight excluding hydrogens is 330 g/mol. The zero-order chi connectivity index (χ0) is 17.1. The van der Waals surface area contributed by atoms with Crippen molar-refractivity contribution in [1.29, 1.82) is 0 Å². The normalized spacial score (nSPS) is 16.9. The first-order chi connectivity index (χ1) is 11.6. The lowest BCUT2D eigenvalue weighted by Gasteiger charge is -2.34. The Labute approximate surface area is 145 Å². The third kappa shape index (κ3) is 3.52. The number of aromatic nitrogens is 3. The van der Waals surface area contributed by atoms with Crippen LogP contribution in [0.15, 0.2) is 30.7 Å². The highest BCUT2D eigenvalue weighted by atomic mass is 35.5. The molecule has 3 rings (SSSR count). The number of piperidine rings is 1. The van der Waals surface area contributed by atoms with Crippen molar-refractivity contribution in [3.8, 4) is 0 Å². The molecule has 0 radical (unpaired) electrons. The van der Waals surface area contributed by atoms with Gasteiger partial charge in [0.1, 0.15) is 11.9 Å². The van der Waals surface area contributed by atoms with Crippen LogP contribution in [0, 0.1) is 5.92 Å². The minimum Gasteiger partial charge on any atom is -0.385 e. The summed E-state index contributed by atoms with van der Waals surface area (Å²) in [6.45, 7) is 1.16. The Bertz CT molecular complexity index is 712. The highest BCUT2D eigenvalue weighted by molar-refractivity contribution is 6.32. The van der Waals surface area contributed by atoms with E-state index in [1.807, 2.05) is 17.8 Å². The fourth-order valence-electron chi connectivity index (χ4n) is 2.96. The molecule has 1 aliphatic heterocycles. The number of likely N-dealkylation sites (tertiary alicyclic amines) is 1. The molecule has 1 fully saturated rings. The number of halogens is 1. The van der Waals surface area contributed by atoms with Crippen molar-refractivity contribution in [2.24, 2.45) is 13.0 Å². The van der Waals surface area contributed by atoms with Gasteiger partial charge < -0.3 is 19.9 Å². The van der Waals surface area contributed by atoms with E-state index in [0.717, 1.165) is 12.8 Å². The predicted octanol–water partition coefficient (Wildman–Crippen LogP) is 2.45. The monoisotopic (exact) mass is 349 g/mol. The predicted molar refractivity (Wildman–Crippen MR) is 90.7 cm³/mol. The number of carbonyl (C=O) groups excluding carboxylic acids is 1. The van der Waals surface area contributed by atoms with Crippen molar-refractivity contribution in [2.45, 2.75) is 18.9 Å². The summed E-state index contributed by atoms with van der Waals surface area (Å²) in [5.41, 5.74) is 0.499. The first-order valence-electron chi connectivity index (χ1n) is 7.88. The third-order valence-electron chi connectivity index (χ3n) is 4.40. The van der Waals surface area contributed by atoms with E-state index >= 15 is 0 Å². The van der Waals surface area contributed by atoms with Crippen LogP contribution in [0.2, 0.25) is 5.15 Å². The summed E-state index contributed by atoms with van der Waals surface area (Å²) in [5, 5.41) is 13.5. The van der Waals surface area contributed by atoms with Crippen LogP contribution in [0.4, 0.5) is 10.5 Å². The quantitative estimate of drug-likeness (QED) is 0.834. The second kappa shape index (κ2) is 7.19. The van der Waals surface area contributed by atoms with E-state index in [4.69, 9.17) is 11.6 Å². The van der Waals surface area contributed by atoms with Crippen LogP contribution in [-0.4, -0.2) is 43.7 Å². The zero-order valence-electron chi connectivity index (χ0n) is 13.4. The number of carbonyl (C=O) groups is 1. The number of rotatable bonds is 3. The van der Waals surface area contributed by atoms with Gasteiger partial charge in [-0.2, -0.15) is 0 Å². The Morgan fingerprint density at radius 2 is 2.12 bits per heavy atom. The lowest BCUT2D eigenvalue weighted by Crippen LogP contribution is -2.42. The molecule has 0 aliphatic carbocycles. The molecule has 2 amide bonds. The highest BCUT2D eigenvalue weighted by Gasteiger charge is 2.30. The van der Waals surface area contributed by atoms with Gasteiger partial charge in [-0.25, -0.2) is 14.8 Å². The fraction of sp³-hybridized carbons (Fsp3) is 0.438. The molecule has 8 heteroatoms. The molecule has 0 bridgehead atoms. The Morgan fingerprint density at radius 3 is 2.75 bits per heavy atom. The van der Waals surface area contributed by atoms with Gasteiger partial charge in [0.2, 0.25) is 0 Å². The number of hydrogen-bond acceptors (Lipinski definition) is 4. The van der Waals surface area contributed by atoms with E-state index in [9.17, 15) is 9.90 Å². The minimum absolute atomic E-state index is 0.0946. The number of hydrogen-bond donors (Lipinski definition) is 2. The fourth-order valence-corrected chi connectivity index (χ4v) is 3.13. The van der Waals surface area contributed by atoms with Gasteiger partial charge in [0, 0.05) is 38.7 Å². The third-order valence-corrected chi connectivity index (χ3v) is 4.70. The Hall–Kier alpha value is -2.12.